The zero-order valence-electron chi connectivity index (χ0n) is 10.4. The van der Waals surface area contributed by atoms with Gasteiger partial charge < -0.3 is 0 Å². The number of hydrogen-bond donors (Lipinski definition) is 1. The molecular formula is C14H11BrN2O2S. The van der Waals surface area contributed by atoms with Crippen LogP contribution in [0.4, 0.5) is 0 Å². The maximum Gasteiger partial charge on any atom is 0.265 e. The molecule has 20 heavy (non-hydrogen) atoms. The minimum absolute atomic E-state index is 0.0581. The zero-order chi connectivity index (χ0) is 14.7. The molecular weight excluding hydrogens is 340 g/mol. The molecule has 2 amide bonds. The Hall–Kier alpha value is -1.79. The van der Waals surface area contributed by atoms with Crippen molar-refractivity contribution in [2.24, 2.45) is 0 Å². The molecule has 0 aromatic heterocycles. The molecule has 6 heteroatoms. The second kappa shape index (κ2) is 6.11. The van der Waals surface area contributed by atoms with Gasteiger partial charge in [-0.1, -0.05) is 34.1 Å². The molecule has 0 bridgehead atoms. The summed E-state index contributed by atoms with van der Waals surface area (Å²) in [6, 6.07) is 7.29. The lowest BCUT2D eigenvalue weighted by atomic mass is 10.1. The smallest absolute Gasteiger partial charge is 0.265 e. The van der Waals surface area contributed by atoms with Gasteiger partial charge in [0.25, 0.3) is 11.8 Å². The lowest BCUT2D eigenvalue weighted by molar-refractivity contribution is -0.128. The molecule has 1 fully saturated rings. The van der Waals surface area contributed by atoms with Crippen molar-refractivity contribution in [3.8, 4) is 0 Å². The Balaban J connectivity index is 2.36. The predicted octanol–water partition coefficient (Wildman–Crippen LogP) is 2.26. The maximum atomic E-state index is 12.3. The highest BCUT2D eigenvalue weighted by molar-refractivity contribution is 9.10. The topological polar surface area (TPSA) is 49.4 Å². The summed E-state index contributed by atoms with van der Waals surface area (Å²) in [4.78, 5) is 25.4. The van der Waals surface area contributed by atoms with Gasteiger partial charge in [-0.05, 0) is 36.0 Å². The van der Waals surface area contributed by atoms with Crippen LogP contribution in [0, 0.1) is 0 Å². The molecule has 1 aliphatic rings. The van der Waals surface area contributed by atoms with Crippen molar-refractivity contribution in [2.45, 2.75) is 0 Å². The summed E-state index contributed by atoms with van der Waals surface area (Å²) >= 11 is 8.30. The zero-order valence-corrected chi connectivity index (χ0v) is 12.8. The average molecular weight is 351 g/mol. The van der Waals surface area contributed by atoms with Crippen LogP contribution < -0.4 is 5.32 Å². The largest absolute Gasteiger partial charge is 0.298 e. The minimum atomic E-state index is -0.483. The van der Waals surface area contributed by atoms with E-state index in [0.29, 0.717) is 0 Å². The number of nitrogens with one attached hydrogen (secondary N) is 1. The monoisotopic (exact) mass is 350 g/mol. The number of carbonyl (C=O) groups is 2. The molecule has 0 unspecified atom stereocenters. The Kier molecular flexibility index (Phi) is 4.46. The molecule has 1 N–H and O–H groups in total. The van der Waals surface area contributed by atoms with Gasteiger partial charge in [0.15, 0.2) is 5.11 Å². The van der Waals surface area contributed by atoms with Crippen LogP contribution in [0.3, 0.4) is 0 Å². The van der Waals surface area contributed by atoms with Gasteiger partial charge in [-0.25, -0.2) is 0 Å². The van der Waals surface area contributed by atoms with Crippen LogP contribution in [0.15, 0.2) is 47.0 Å². The Morgan fingerprint density at radius 1 is 1.30 bits per heavy atom. The van der Waals surface area contributed by atoms with E-state index >= 15 is 0 Å². The standard InChI is InChI=1S/C14H11BrN2O2S/c1-2-7-17-13(19)11(12(18)16-14(17)20)8-9-3-5-10(15)6-4-9/h2-6,8H,1,7H2,(H,16,18,20). The number of halogens is 1. The molecule has 1 aliphatic heterocycles. The predicted molar refractivity (Wildman–Crippen MR) is 84.8 cm³/mol. The van der Waals surface area contributed by atoms with E-state index in [1.807, 2.05) is 24.3 Å². The van der Waals surface area contributed by atoms with Crippen LogP contribution in [0.1, 0.15) is 5.56 Å². The second-order valence-electron chi connectivity index (χ2n) is 4.07. The fourth-order valence-electron chi connectivity index (χ4n) is 1.71. The van der Waals surface area contributed by atoms with Crippen molar-refractivity contribution in [2.75, 3.05) is 6.54 Å². The summed E-state index contributed by atoms with van der Waals surface area (Å²) in [7, 11) is 0. The van der Waals surface area contributed by atoms with E-state index in [1.165, 1.54) is 4.90 Å². The minimum Gasteiger partial charge on any atom is -0.298 e. The van der Waals surface area contributed by atoms with Gasteiger partial charge in [0.2, 0.25) is 0 Å². The van der Waals surface area contributed by atoms with Crippen molar-refractivity contribution in [3.05, 3.63) is 52.5 Å². The molecule has 0 spiro atoms. The highest BCUT2D eigenvalue weighted by atomic mass is 79.9. The van der Waals surface area contributed by atoms with Crippen LogP contribution in [0.2, 0.25) is 0 Å². The van der Waals surface area contributed by atoms with Crippen LogP contribution in [-0.4, -0.2) is 28.4 Å². The molecule has 0 saturated carbocycles. The number of rotatable bonds is 3. The van der Waals surface area contributed by atoms with Crippen molar-refractivity contribution >= 4 is 51.2 Å². The third-order valence-corrected chi connectivity index (χ3v) is 3.53. The molecule has 0 aliphatic carbocycles. The van der Waals surface area contributed by atoms with E-state index in [0.717, 1.165) is 10.0 Å². The number of amides is 2. The summed E-state index contributed by atoms with van der Waals surface area (Å²) in [5, 5.41) is 2.60. The van der Waals surface area contributed by atoms with Gasteiger partial charge in [-0.2, -0.15) is 0 Å². The third-order valence-electron chi connectivity index (χ3n) is 2.68. The van der Waals surface area contributed by atoms with Crippen molar-refractivity contribution < 1.29 is 9.59 Å². The first kappa shape index (κ1) is 14.6. The number of carbonyl (C=O) groups excluding carboxylic acids is 2. The van der Waals surface area contributed by atoms with E-state index in [2.05, 4.69) is 27.8 Å². The Morgan fingerprint density at radius 2 is 1.95 bits per heavy atom. The van der Waals surface area contributed by atoms with E-state index in [4.69, 9.17) is 12.2 Å². The number of nitrogens with zero attached hydrogens (tertiary/aromatic N) is 1. The van der Waals surface area contributed by atoms with E-state index in [9.17, 15) is 9.59 Å². The lowest BCUT2D eigenvalue weighted by Crippen LogP contribution is -2.53. The summed E-state index contributed by atoms with van der Waals surface area (Å²) in [6.07, 6.45) is 3.10. The highest BCUT2D eigenvalue weighted by Gasteiger charge is 2.32. The highest BCUT2D eigenvalue weighted by Crippen LogP contribution is 2.16. The van der Waals surface area contributed by atoms with Crippen LogP contribution in [-0.2, 0) is 9.59 Å². The van der Waals surface area contributed by atoms with Gasteiger partial charge in [-0.3, -0.25) is 19.8 Å². The fraction of sp³-hybridized carbons (Fsp3) is 0.0714. The second-order valence-corrected chi connectivity index (χ2v) is 5.38. The van der Waals surface area contributed by atoms with Crippen molar-refractivity contribution in [1.29, 1.82) is 0 Å². The first-order chi connectivity index (χ1) is 9.52. The molecule has 4 nitrogen and oxygen atoms in total. The lowest BCUT2D eigenvalue weighted by Gasteiger charge is -2.27. The van der Waals surface area contributed by atoms with Gasteiger partial charge in [0.1, 0.15) is 5.57 Å². The molecule has 102 valence electrons. The number of hydrogen-bond acceptors (Lipinski definition) is 3. The first-order valence-electron chi connectivity index (χ1n) is 5.78. The molecule has 1 aromatic carbocycles. The summed E-state index contributed by atoms with van der Waals surface area (Å²) in [6.45, 7) is 3.83. The molecule has 1 heterocycles. The maximum absolute atomic E-state index is 12.3. The fourth-order valence-corrected chi connectivity index (χ4v) is 2.23. The molecule has 1 saturated heterocycles. The van der Waals surface area contributed by atoms with E-state index in [1.54, 1.807) is 12.2 Å². The van der Waals surface area contributed by atoms with E-state index < -0.39 is 11.8 Å². The van der Waals surface area contributed by atoms with Crippen LogP contribution >= 0.6 is 28.1 Å². The number of thiocarbonyl (C=S) groups is 1. The average Bonchev–Trinajstić information content (AvgIpc) is 2.41. The Morgan fingerprint density at radius 3 is 2.55 bits per heavy atom. The van der Waals surface area contributed by atoms with Gasteiger partial charge >= 0.3 is 0 Å². The summed E-state index contributed by atoms with van der Waals surface area (Å²) in [5.41, 5.74) is 0.820. The van der Waals surface area contributed by atoms with Crippen molar-refractivity contribution in [3.63, 3.8) is 0 Å². The quantitative estimate of drug-likeness (QED) is 0.393. The first-order valence-corrected chi connectivity index (χ1v) is 6.98. The number of benzene rings is 1. The van der Waals surface area contributed by atoms with Crippen LogP contribution in [0.25, 0.3) is 6.08 Å². The van der Waals surface area contributed by atoms with Gasteiger partial charge in [0.05, 0.1) is 0 Å². The molecule has 1 aromatic rings. The summed E-state index contributed by atoms with van der Waals surface area (Å²) in [5.74, 6) is -0.898. The SMILES string of the molecule is C=CCN1C(=O)C(=Cc2ccc(Br)cc2)C(=O)NC1=S. The van der Waals surface area contributed by atoms with Gasteiger partial charge in [0, 0.05) is 11.0 Å². The third kappa shape index (κ3) is 3.02. The van der Waals surface area contributed by atoms with Crippen molar-refractivity contribution in [1.82, 2.24) is 10.2 Å². The van der Waals surface area contributed by atoms with Crippen LogP contribution in [0.5, 0.6) is 0 Å². The molecule has 0 atom stereocenters. The molecule has 0 radical (unpaired) electrons. The Labute approximate surface area is 130 Å². The normalized spacial score (nSPS) is 17.4. The molecule has 2 rings (SSSR count). The summed E-state index contributed by atoms with van der Waals surface area (Å²) < 4.78 is 0.925. The Bertz CT molecular complexity index is 623. The van der Waals surface area contributed by atoms with Gasteiger partial charge in [-0.15, -0.1) is 6.58 Å². The van der Waals surface area contributed by atoms with E-state index in [-0.39, 0.29) is 17.2 Å².